The Hall–Kier alpha value is -1.66. The summed E-state index contributed by atoms with van der Waals surface area (Å²) < 4.78 is 25.6. The highest BCUT2D eigenvalue weighted by Crippen LogP contribution is 2.43. The summed E-state index contributed by atoms with van der Waals surface area (Å²) in [5.74, 6) is -0.467. The fourth-order valence-corrected chi connectivity index (χ4v) is 5.86. The van der Waals surface area contributed by atoms with Gasteiger partial charge < -0.3 is 5.32 Å². The molecule has 1 fully saturated rings. The predicted octanol–water partition coefficient (Wildman–Crippen LogP) is 3.91. The molecular weight excluding hydrogens is 414 g/mol. The molecule has 1 aliphatic heterocycles. The molecule has 6 heteroatoms. The van der Waals surface area contributed by atoms with Crippen molar-refractivity contribution in [1.29, 1.82) is 0 Å². The number of nitrogens with one attached hydrogen (secondary N) is 1. The number of sulfone groups is 1. The monoisotopic (exact) mass is 433 g/mol. The molecule has 1 heterocycles. The second kappa shape index (κ2) is 6.50. The van der Waals surface area contributed by atoms with E-state index in [4.69, 9.17) is 0 Å². The largest absolute Gasteiger partial charge is 0.346 e. The third-order valence-electron chi connectivity index (χ3n) is 5.59. The van der Waals surface area contributed by atoms with Crippen LogP contribution in [-0.2, 0) is 20.2 Å². The summed E-state index contributed by atoms with van der Waals surface area (Å²) in [6.45, 7) is 0. The SMILES string of the molecule is O=C(NC1(c2ccc(Br)cc2)CCC1)C1CCS(=O)(=O)c2ccccc21. The Morgan fingerprint density at radius 3 is 2.42 bits per heavy atom. The minimum Gasteiger partial charge on any atom is -0.346 e. The standard InChI is InChI=1S/C20H20BrNO3S/c21-15-8-6-14(7-9-15)20(11-3-12-20)22-19(23)17-10-13-26(24,25)18-5-2-1-4-16(17)18/h1-2,4-9,17H,3,10-13H2,(H,22,23). The minimum atomic E-state index is -3.29. The van der Waals surface area contributed by atoms with Gasteiger partial charge in [0.05, 0.1) is 22.1 Å². The van der Waals surface area contributed by atoms with E-state index in [-0.39, 0.29) is 17.2 Å². The van der Waals surface area contributed by atoms with Gasteiger partial charge in [-0.15, -0.1) is 0 Å². The molecule has 0 radical (unpaired) electrons. The van der Waals surface area contributed by atoms with E-state index < -0.39 is 15.8 Å². The van der Waals surface area contributed by atoms with Crippen molar-refractivity contribution >= 4 is 31.7 Å². The van der Waals surface area contributed by atoms with E-state index in [1.807, 2.05) is 24.3 Å². The number of rotatable bonds is 3. The van der Waals surface area contributed by atoms with Gasteiger partial charge in [-0.25, -0.2) is 8.42 Å². The van der Waals surface area contributed by atoms with Gasteiger partial charge >= 0.3 is 0 Å². The number of hydrogen-bond donors (Lipinski definition) is 1. The molecule has 2 aliphatic rings. The van der Waals surface area contributed by atoms with E-state index in [2.05, 4.69) is 21.2 Å². The van der Waals surface area contributed by atoms with Crippen molar-refractivity contribution in [2.45, 2.75) is 42.0 Å². The second-order valence-corrected chi connectivity index (χ2v) is 10.1. The zero-order chi connectivity index (χ0) is 18.4. The first kappa shape index (κ1) is 17.7. The Morgan fingerprint density at radius 2 is 1.77 bits per heavy atom. The average molecular weight is 434 g/mol. The number of amides is 1. The molecule has 2 aromatic rings. The first-order chi connectivity index (χ1) is 12.4. The van der Waals surface area contributed by atoms with Crippen LogP contribution in [0, 0.1) is 0 Å². The number of benzene rings is 2. The molecule has 4 rings (SSSR count). The van der Waals surface area contributed by atoms with Crippen molar-refractivity contribution in [3.8, 4) is 0 Å². The highest BCUT2D eigenvalue weighted by molar-refractivity contribution is 9.10. The van der Waals surface area contributed by atoms with Crippen molar-refractivity contribution in [3.05, 3.63) is 64.1 Å². The fraction of sp³-hybridized carbons (Fsp3) is 0.350. The Morgan fingerprint density at radius 1 is 1.08 bits per heavy atom. The normalized spacial score (nSPS) is 22.7. The lowest BCUT2D eigenvalue weighted by Gasteiger charge is -2.44. The van der Waals surface area contributed by atoms with Crippen molar-refractivity contribution < 1.29 is 13.2 Å². The number of carbonyl (C=O) groups is 1. The molecule has 0 bridgehead atoms. The number of carbonyl (C=O) groups excluding carboxylic acids is 1. The molecule has 136 valence electrons. The topological polar surface area (TPSA) is 63.2 Å². The first-order valence-electron chi connectivity index (χ1n) is 8.81. The molecule has 0 saturated heterocycles. The quantitative estimate of drug-likeness (QED) is 0.797. The summed E-state index contributed by atoms with van der Waals surface area (Å²) >= 11 is 3.45. The van der Waals surface area contributed by atoms with Gasteiger partial charge in [0.1, 0.15) is 0 Å². The van der Waals surface area contributed by atoms with Crippen LogP contribution in [0.5, 0.6) is 0 Å². The zero-order valence-electron chi connectivity index (χ0n) is 14.2. The van der Waals surface area contributed by atoms with E-state index in [1.165, 1.54) is 0 Å². The van der Waals surface area contributed by atoms with Crippen molar-refractivity contribution in [2.24, 2.45) is 0 Å². The van der Waals surface area contributed by atoms with Crippen LogP contribution in [0.1, 0.15) is 42.7 Å². The third kappa shape index (κ3) is 2.99. The zero-order valence-corrected chi connectivity index (χ0v) is 16.6. The molecule has 1 amide bonds. The van der Waals surface area contributed by atoms with Crippen molar-refractivity contribution in [3.63, 3.8) is 0 Å². The van der Waals surface area contributed by atoms with Gasteiger partial charge in [0.15, 0.2) is 9.84 Å². The maximum absolute atomic E-state index is 13.1. The molecule has 1 N–H and O–H groups in total. The van der Waals surface area contributed by atoms with E-state index in [9.17, 15) is 13.2 Å². The van der Waals surface area contributed by atoms with E-state index in [1.54, 1.807) is 24.3 Å². The van der Waals surface area contributed by atoms with Gasteiger partial charge in [-0.05, 0) is 55.0 Å². The van der Waals surface area contributed by atoms with Crippen LogP contribution in [0.4, 0.5) is 0 Å². The summed E-state index contributed by atoms with van der Waals surface area (Å²) in [7, 11) is -3.29. The van der Waals surface area contributed by atoms with Crippen LogP contribution < -0.4 is 5.32 Å². The van der Waals surface area contributed by atoms with Gasteiger partial charge in [0, 0.05) is 4.47 Å². The van der Waals surface area contributed by atoms with Crippen molar-refractivity contribution in [1.82, 2.24) is 5.32 Å². The summed E-state index contributed by atoms with van der Waals surface area (Å²) in [6, 6.07) is 15.0. The predicted molar refractivity (Wildman–Crippen MR) is 104 cm³/mol. The Kier molecular flexibility index (Phi) is 4.43. The summed E-state index contributed by atoms with van der Waals surface area (Å²) in [6.07, 6.45) is 3.23. The average Bonchev–Trinajstić information content (AvgIpc) is 2.59. The molecule has 1 atom stereocenters. The lowest BCUT2D eigenvalue weighted by atomic mass is 9.71. The Labute approximate surface area is 162 Å². The first-order valence-corrected chi connectivity index (χ1v) is 11.3. The van der Waals surface area contributed by atoms with Gasteiger partial charge in [-0.1, -0.05) is 46.3 Å². The molecule has 1 unspecified atom stereocenters. The Bertz CT molecular complexity index is 949. The Balaban J connectivity index is 1.63. The van der Waals surface area contributed by atoms with Gasteiger partial charge in [-0.3, -0.25) is 4.79 Å². The van der Waals surface area contributed by atoms with Crippen LogP contribution in [0.2, 0.25) is 0 Å². The smallest absolute Gasteiger partial charge is 0.228 e. The summed E-state index contributed by atoms with van der Waals surface area (Å²) in [5.41, 5.74) is 1.40. The second-order valence-electron chi connectivity index (χ2n) is 7.13. The van der Waals surface area contributed by atoms with Crippen LogP contribution in [0.15, 0.2) is 57.9 Å². The molecule has 2 aromatic carbocycles. The maximum atomic E-state index is 13.1. The molecule has 26 heavy (non-hydrogen) atoms. The maximum Gasteiger partial charge on any atom is 0.228 e. The molecule has 1 aliphatic carbocycles. The molecular formula is C20H20BrNO3S. The summed E-state index contributed by atoms with van der Waals surface area (Å²) in [5, 5.41) is 3.25. The number of fused-ring (bicyclic) bond motifs is 1. The lowest BCUT2D eigenvalue weighted by molar-refractivity contribution is -0.126. The highest BCUT2D eigenvalue weighted by atomic mass is 79.9. The molecule has 0 aromatic heterocycles. The number of hydrogen-bond acceptors (Lipinski definition) is 3. The van der Waals surface area contributed by atoms with Crippen LogP contribution >= 0.6 is 15.9 Å². The van der Waals surface area contributed by atoms with E-state index in [0.29, 0.717) is 16.9 Å². The van der Waals surface area contributed by atoms with E-state index >= 15 is 0 Å². The van der Waals surface area contributed by atoms with E-state index in [0.717, 1.165) is 29.3 Å². The summed E-state index contributed by atoms with van der Waals surface area (Å²) in [4.78, 5) is 13.4. The number of halogens is 1. The van der Waals surface area contributed by atoms with Crippen LogP contribution in [0.3, 0.4) is 0 Å². The van der Waals surface area contributed by atoms with Gasteiger partial charge in [0.2, 0.25) is 5.91 Å². The van der Waals surface area contributed by atoms with Crippen LogP contribution in [-0.4, -0.2) is 20.1 Å². The molecule has 4 nitrogen and oxygen atoms in total. The lowest BCUT2D eigenvalue weighted by Crippen LogP contribution is -2.52. The fourth-order valence-electron chi connectivity index (χ4n) is 3.97. The van der Waals surface area contributed by atoms with Crippen molar-refractivity contribution in [2.75, 3.05) is 5.75 Å². The van der Waals surface area contributed by atoms with Crippen LogP contribution in [0.25, 0.3) is 0 Å². The highest BCUT2D eigenvalue weighted by Gasteiger charge is 2.43. The molecule has 0 spiro atoms. The minimum absolute atomic E-state index is 0.0212. The third-order valence-corrected chi connectivity index (χ3v) is 7.93. The van der Waals surface area contributed by atoms with Gasteiger partial charge in [0.25, 0.3) is 0 Å². The molecule has 1 saturated carbocycles. The van der Waals surface area contributed by atoms with Gasteiger partial charge in [-0.2, -0.15) is 0 Å².